The molecule has 0 saturated heterocycles. The smallest absolute Gasteiger partial charge is 0.164 e. The Morgan fingerprint density at radius 3 is 1.64 bits per heavy atom. The standard InChI is InChI=1S/C49H29N3O/c1-3-14-30(15-4-1)34-19-7-10-22-39(34)48-50-47(33-28-32-18-11-24-38-36-20-8-9-21-37(36)42(29-33)44(32)38)51-49(52-48)41-26-13-27-43-45(41)40-25-12-23-35(46(40)53-43)31-16-5-2-6-17-31/h1-29H. The molecule has 0 saturated carbocycles. The predicted octanol–water partition coefficient (Wildman–Crippen LogP) is 12.9. The van der Waals surface area contributed by atoms with Gasteiger partial charge in [0.15, 0.2) is 17.5 Å². The zero-order valence-corrected chi connectivity index (χ0v) is 28.5. The molecule has 4 nitrogen and oxygen atoms in total. The van der Waals surface area contributed by atoms with Crippen molar-refractivity contribution in [1.29, 1.82) is 0 Å². The molecule has 11 rings (SSSR count). The third kappa shape index (κ3) is 4.66. The molecule has 246 valence electrons. The van der Waals surface area contributed by atoms with Crippen LogP contribution in [0.4, 0.5) is 0 Å². The fourth-order valence-electron chi connectivity index (χ4n) is 8.12. The number of benzene rings is 8. The summed E-state index contributed by atoms with van der Waals surface area (Å²) in [7, 11) is 0. The monoisotopic (exact) mass is 675 g/mol. The summed E-state index contributed by atoms with van der Waals surface area (Å²) >= 11 is 0. The summed E-state index contributed by atoms with van der Waals surface area (Å²) in [5.74, 6) is 1.83. The zero-order chi connectivity index (χ0) is 34.9. The van der Waals surface area contributed by atoms with E-state index < -0.39 is 0 Å². The van der Waals surface area contributed by atoms with Gasteiger partial charge in [0.1, 0.15) is 11.2 Å². The maximum atomic E-state index is 6.65. The minimum Gasteiger partial charge on any atom is -0.455 e. The van der Waals surface area contributed by atoms with Gasteiger partial charge in [-0.05, 0) is 67.9 Å². The van der Waals surface area contributed by atoms with Gasteiger partial charge >= 0.3 is 0 Å². The third-order valence-corrected chi connectivity index (χ3v) is 10.5. The average molecular weight is 676 g/mol. The lowest BCUT2D eigenvalue weighted by atomic mass is 9.98. The highest BCUT2D eigenvalue weighted by Crippen LogP contribution is 2.49. The van der Waals surface area contributed by atoms with E-state index in [-0.39, 0.29) is 0 Å². The molecule has 1 aliphatic rings. The van der Waals surface area contributed by atoms with Crippen LogP contribution in [0.25, 0.3) is 111 Å². The van der Waals surface area contributed by atoms with Crippen LogP contribution in [0.3, 0.4) is 0 Å². The summed E-state index contributed by atoms with van der Waals surface area (Å²) in [4.78, 5) is 15.9. The quantitative estimate of drug-likeness (QED) is 0.182. The molecule has 0 bridgehead atoms. The number of hydrogen-bond donors (Lipinski definition) is 0. The summed E-state index contributed by atoms with van der Waals surface area (Å²) in [5, 5.41) is 4.43. The Hall–Kier alpha value is -7.17. The van der Waals surface area contributed by atoms with Crippen LogP contribution in [0.2, 0.25) is 0 Å². The molecule has 0 atom stereocenters. The van der Waals surface area contributed by atoms with Gasteiger partial charge < -0.3 is 4.42 Å². The Morgan fingerprint density at radius 1 is 0.321 bits per heavy atom. The van der Waals surface area contributed by atoms with E-state index in [1.807, 2.05) is 24.3 Å². The van der Waals surface area contributed by atoms with Crippen molar-refractivity contribution in [3.8, 4) is 78.7 Å². The SMILES string of the molecule is c1ccc(-c2ccccc2-c2nc(-c3cc4c5c(cccc5c3)-c3ccccc3-4)nc(-c3cccc4oc5c(-c6ccccc6)cccc5c34)n2)cc1. The van der Waals surface area contributed by atoms with Gasteiger partial charge in [-0.25, -0.2) is 15.0 Å². The van der Waals surface area contributed by atoms with E-state index in [1.54, 1.807) is 0 Å². The van der Waals surface area contributed by atoms with Crippen LogP contribution >= 0.6 is 0 Å². The lowest BCUT2D eigenvalue weighted by Crippen LogP contribution is -2.01. The normalized spacial score (nSPS) is 11.8. The van der Waals surface area contributed by atoms with Gasteiger partial charge in [0.2, 0.25) is 0 Å². The Morgan fingerprint density at radius 2 is 0.868 bits per heavy atom. The van der Waals surface area contributed by atoms with Crippen molar-refractivity contribution in [3.63, 3.8) is 0 Å². The van der Waals surface area contributed by atoms with Gasteiger partial charge in [-0.2, -0.15) is 0 Å². The largest absolute Gasteiger partial charge is 0.455 e. The van der Waals surface area contributed by atoms with Gasteiger partial charge in [0.05, 0.1) is 0 Å². The topological polar surface area (TPSA) is 51.8 Å². The summed E-state index contributed by atoms with van der Waals surface area (Å²) in [6.45, 7) is 0. The predicted molar refractivity (Wildman–Crippen MR) is 216 cm³/mol. The second-order valence-electron chi connectivity index (χ2n) is 13.5. The van der Waals surface area contributed by atoms with Crippen molar-refractivity contribution >= 4 is 32.7 Å². The highest BCUT2D eigenvalue weighted by atomic mass is 16.3. The maximum absolute atomic E-state index is 6.65. The van der Waals surface area contributed by atoms with Crippen LogP contribution in [0.5, 0.6) is 0 Å². The minimum atomic E-state index is 0.594. The molecule has 8 aromatic carbocycles. The molecule has 10 aromatic rings. The number of nitrogens with zero attached hydrogens (tertiary/aromatic N) is 3. The molecule has 0 spiro atoms. The van der Waals surface area contributed by atoms with E-state index >= 15 is 0 Å². The Labute approximate surface area is 305 Å². The third-order valence-electron chi connectivity index (χ3n) is 10.5. The number of aromatic nitrogens is 3. The van der Waals surface area contributed by atoms with E-state index in [4.69, 9.17) is 19.4 Å². The maximum Gasteiger partial charge on any atom is 0.164 e. The molecule has 2 heterocycles. The van der Waals surface area contributed by atoms with E-state index in [1.165, 1.54) is 27.6 Å². The van der Waals surface area contributed by atoms with Crippen molar-refractivity contribution in [2.24, 2.45) is 0 Å². The van der Waals surface area contributed by atoms with E-state index in [9.17, 15) is 0 Å². The second kappa shape index (κ2) is 11.7. The van der Waals surface area contributed by atoms with E-state index in [0.29, 0.717) is 17.5 Å². The molecule has 2 aromatic heterocycles. The first-order valence-corrected chi connectivity index (χ1v) is 17.9. The van der Waals surface area contributed by atoms with Gasteiger partial charge in [-0.3, -0.25) is 0 Å². The van der Waals surface area contributed by atoms with Crippen LogP contribution < -0.4 is 0 Å². The van der Waals surface area contributed by atoms with E-state index in [0.717, 1.165) is 66.3 Å². The Kier molecular flexibility index (Phi) is 6.52. The second-order valence-corrected chi connectivity index (χ2v) is 13.5. The molecule has 0 amide bonds. The highest BCUT2D eigenvalue weighted by molar-refractivity contribution is 6.17. The molecular weight excluding hydrogens is 647 g/mol. The zero-order valence-electron chi connectivity index (χ0n) is 28.5. The highest BCUT2D eigenvalue weighted by Gasteiger charge is 2.24. The van der Waals surface area contributed by atoms with Gasteiger partial charge in [0.25, 0.3) is 0 Å². The van der Waals surface area contributed by atoms with Gasteiger partial charge in [-0.1, -0.05) is 158 Å². The van der Waals surface area contributed by atoms with Crippen LogP contribution in [0, 0.1) is 0 Å². The van der Waals surface area contributed by atoms with Crippen molar-refractivity contribution in [3.05, 3.63) is 176 Å². The van der Waals surface area contributed by atoms with Crippen molar-refractivity contribution in [2.75, 3.05) is 0 Å². The van der Waals surface area contributed by atoms with Crippen molar-refractivity contribution < 1.29 is 4.42 Å². The molecule has 53 heavy (non-hydrogen) atoms. The number of fused-ring (bicyclic) bond motifs is 6. The molecule has 0 N–H and O–H groups in total. The first-order valence-electron chi connectivity index (χ1n) is 17.9. The summed E-state index contributed by atoms with van der Waals surface area (Å²) < 4.78 is 6.65. The van der Waals surface area contributed by atoms with E-state index in [2.05, 4.69) is 152 Å². The number of para-hydroxylation sites is 1. The van der Waals surface area contributed by atoms with Crippen LogP contribution in [-0.2, 0) is 0 Å². The number of rotatable bonds is 5. The molecule has 1 aliphatic carbocycles. The summed E-state index contributed by atoms with van der Waals surface area (Å²) in [5.41, 5.74) is 13.7. The first-order chi connectivity index (χ1) is 26.3. The summed E-state index contributed by atoms with van der Waals surface area (Å²) in [6.07, 6.45) is 0. The molecule has 0 radical (unpaired) electrons. The first kappa shape index (κ1) is 29.5. The molecule has 0 unspecified atom stereocenters. The lowest BCUT2D eigenvalue weighted by Gasteiger charge is -2.13. The Balaban J connectivity index is 1.19. The van der Waals surface area contributed by atoms with Crippen LogP contribution in [0.15, 0.2) is 180 Å². The van der Waals surface area contributed by atoms with Crippen molar-refractivity contribution in [2.45, 2.75) is 0 Å². The fraction of sp³-hybridized carbons (Fsp3) is 0. The fourth-order valence-corrected chi connectivity index (χ4v) is 8.12. The molecule has 4 heteroatoms. The van der Waals surface area contributed by atoms with Gasteiger partial charge in [0, 0.05) is 33.0 Å². The molecule has 0 aliphatic heterocycles. The average Bonchev–Trinajstić information content (AvgIpc) is 3.78. The summed E-state index contributed by atoms with van der Waals surface area (Å²) in [6, 6.07) is 61.3. The van der Waals surface area contributed by atoms with Crippen LogP contribution in [-0.4, -0.2) is 15.0 Å². The van der Waals surface area contributed by atoms with Crippen LogP contribution in [0.1, 0.15) is 0 Å². The lowest BCUT2D eigenvalue weighted by molar-refractivity contribution is 0.670. The van der Waals surface area contributed by atoms with Gasteiger partial charge in [-0.15, -0.1) is 0 Å². The number of hydrogen-bond acceptors (Lipinski definition) is 4. The molecular formula is C49H29N3O. The Bertz CT molecular complexity index is 3060. The number of furan rings is 1. The van der Waals surface area contributed by atoms with Crippen molar-refractivity contribution in [1.82, 2.24) is 15.0 Å². The molecule has 0 fully saturated rings. The minimum absolute atomic E-state index is 0.594.